The van der Waals surface area contributed by atoms with Crippen LogP contribution < -0.4 is 11.1 Å². The van der Waals surface area contributed by atoms with Crippen molar-refractivity contribution in [3.63, 3.8) is 0 Å². The molecule has 1 aromatic rings. The summed E-state index contributed by atoms with van der Waals surface area (Å²) >= 11 is 0. The summed E-state index contributed by atoms with van der Waals surface area (Å²) in [7, 11) is 3.37. The van der Waals surface area contributed by atoms with E-state index in [1.54, 1.807) is 31.1 Å². The Morgan fingerprint density at radius 1 is 1.25 bits per heavy atom. The van der Waals surface area contributed by atoms with Crippen molar-refractivity contribution in [3.05, 3.63) is 35.4 Å². The van der Waals surface area contributed by atoms with Gasteiger partial charge in [0, 0.05) is 32.6 Å². The summed E-state index contributed by atoms with van der Waals surface area (Å²) in [6, 6.07) is 7.23. The van der Waals surface area contributed by atoms with Gasteiger partial charge in [-0.2, -0.15) is 0 Å². The Kier molecular flexibility index (Phi) is 8.59. The van der Waals surface area contributed by atoms with Gasteiger partial charge in [-0.25, -0.2) is 0 Å². The highest BCUT2D eigenvalue weighted by atomic mass is 35.5. The van der Waals surface area contributed by atoms with Crippen LogP contribution in [0, 0.1) is 0 Å². The van der Waals surface area contributed by atoms with E-state index in [1.165, 1.54) is 0 Å². The van der Waals surface area contributed by atoms with Crippen molar-refractivity contribution >= 4 is 24.2 Å². The normalized spacial score (nSPS) is 9.55. The van der Waals surface area contributed by atoms with E-state index >= 15 is 0 Å². The molecule has 0 aliphatic carbocycles. The van der Waals surface area contributed by atoms with Crippen LogP contribution in [-0.2, 0) is 11.3 Å². The summed E-state index contributed by atoms with van der Waals surface area (Å²) in [6.07, 6.45) is 1.18. The van der Waals surface area contributed by atoms with E-state index in [-0.39, 0.29) is 24.2 Å². The molecule has 5 nitrogen and oxygen atoms in total. The molecule has 0 aliphatic rings. The van der Waals surface area contributed by atoms with Crippen molar-refractivity contribution in [3.8, 4) is 0 Å². The van der Waals surface area contributed by atoms with Crippen LogP contribution in [0.3, 0.4) is 0 Å². The Bertz CT molecular complexity index is 435. The van der Waals surface area contributed by atoms with E-state index in [0.717, 1.165) is 5.56 Å². The molecule has 0 heterocycles. The number of benzene rings is 1. The van der Waals surface area contributed by atoms with E-state index < -0.39 is 0 Å². The number of rotatable bonds is 6. The first-order chi connectivity index (χ1) is 9.08. The zero-order valence-corrected chi connectivity index (χ0v) is 12.7. The molecule has 2 amide bonds. The molecule has 0 saturated heterocycles. The molecule has 0 radical (unpaired) electrons. The van der Waals surface area contributed by atoms with E-state index in [1.807, 2.05) is 12.1 Å². The molecule has 0 aromatic heterocycles. The van der Waals surface area contributed by atoms with Crippen LogP contribution in [0.25, 0.3) is 0 Å². The summed E-state index contributed by atoms with van der Waals surface area (Å²) in [5.74, 6) is -0.0280. The van der Waals surface area contributed by atoms with Gasteiger partial charge in [-0.3, -0.25) is 9.59 Å². The van der Waals surface area contributed by atoms with E-state index in [4.69, 9.17) is 5.73 Å². The third-order valence-electron chi connectivity index (χ3n) is 2.88. The van der Waals surface area contributed by atoms with Crippen molar-refractivity contribution in [1.82, 2.24) is 10.2 Å². The van der Waals surface area contributed by atoms with Gasteiger partial charge in [0.2, 0.25) is 5.91 Å². The maximum atomic E-state index is 11.7. The topological polar surface area (TPSA) is 75.4 Å². The molecule has 3 N–H and O–H groups in total. The molecule has 0 atom stereocenters. The van der Waals surface area contributed by atoms with Gasteiger partial charge in [0.05, 0.1) is 0 Å². The maximum Gasteiger partial charge on any atom is 0.251 e. The number of nitrogens with two attached hydrogens (primary N) is 1. The summed E-state index contributed by atoms with van der Waals surface area (Å²) < 4.78 is 0. The van der Waals surface area contributed by atoms with E-state index in [2.05, 4.69) is 5.32 Å². The molecule has 0 spiro atoms. The zero-order chi connectivity index (χ0) is 14.3. The fourth-order valence-electron chi connectivity index (χ4n) is 1.71. The number of hydrogen-bond donors (Lipinski definition) is 2. The summed E-state index contributed by atoms with van der Waals surface area (Å²) in [5.41, 5.74) is 6.99. The van der Waals surface area contributed by atoms with Gasteiger partial charge in [0.25, 0.3) is 5.91 Å². The summed E-state index contributed by atoms with van der Waals surface area (Å²) in [4.78, 5) is 24.8. The minimum atomic E-state index is -0.112. The molecule has 1 aromatic carbocycles. The van der Waals surface area contributed by atoms with Crippen LogP contribution in [0.4, 0.5) is 0 Å². The second-order valence-electron chi connectivity index (χ2n) is 4.42. The minimum Gasteiger partial charge on any atom is -0.355 e. The number of halogens is 1. The fraction of sp³-hybridized carbons (Fsp3) is 0.429. The number of nitrogens with one attached hydrogen (secondary N) is 1. The SMILES string of the molecule is CNC(=O)c1ccc(CN(C)C(=O)CCCN)cc1.Cl. The van der Waals surface area contributed by atoms with Crippen molar-refractivity contribution in [1.29, 1.82) is 0 Å². The lowest BCUT2D eigenvalue weighted by molar-refractivity contribution is -0.130. The highest BCUT2D eigenvalue weighted by Crippen LogP contribution is 2.08. The smallest absolute Gasteiger partial charge is 0.251 e. The maximum absolute atomic E-state index is 11.7. The molecular weight excluding hydrogens is 278 g/mol. The Labute approximate surface area is 125 Å². The van der Waals surface area contributed by atoms with E-state index in [0.29, 0.717) is 31.5 Å². The lowest BCUT2D eigenvalue weighted by Crippen LogP contribution is -2.26. The predicted octanol–water partition coefficient (Wildman–Crippen LogP) is 1.17. The van der Waals surface area contributed by atoms with Gasteiger partial charge in [0.1, 0.15) is 0 Å². The molecule has 0 unspecified atom stereocenters. The van der Waals surface area contributed by atoms with E-state index in [9.17, 15) is 9.59 Å². The van der Waals surface area contributed by atoms with Crippen molar-refractivity contribution in [2.24, 2.45) is 5.73 Å². The fourth-order valence-corrected chi connectivity index (χ4v) is 1.71. The van der Waals surface area contributed by atoms with Crippen LogP contribution in [0.2, 0.25) is 0 Å². The standard InChI is InChI=1S/C14H21N3O2.ClH/c1-16-14(19)12-7-5-11(6-8-12)10-17(2)13(18)4-3-9-15;/h5-8H,3-4,9-10,15H2,1-2H3,(H,16,19);1H. The molecular formula is C14H22ClN3O2. The van der Waals surface area contributed by atoms with Crippen LogP contribution in [0.15, 0.2) is 24.3 Å². The molecule has 0 saturated carbocycles. The largest absolute Gasteiger partial charge is 0.355 e. The first kappa shape index (κ1) is 18.4. The van der Waals surface area contributed by atoms with Crippen LogP contribution >= 0.6 is 12.4 Å². The van der Waals surface area contributed by atoms with Crippen molar-refractivity contribution in [2.45, 2.75) is 19.4 Å². The third kappa shape index (κ3) is 5.59. The molecule has 1 rings (SSSR count). The lowest BCUT2D eigenvalue weighted by atomic mass is 10.1. The van der Waals surface area contributed by atoms with Gasteiger partial charge in [-0.15, -0.1) is 12.4 Å². The summed E-state index contributed by atoms with van der Waals surface area (Å²) in [5, 5.41) is 2.57. The molecule has 112 valence electrons. The highest BCUT2D eigenvalue weighted by molar-refractivity contribution is 5.93. The van der Waals surface area contributed by atoms with Crippen molar-refractivity contribution < 1.29 is 9.59 Å². The molecule has 6 heteroatoms. The van der Waals surface area contributed by atoms with Crippen LogP contribution in [0.1, 0.15) is 28.8 Å². The number of carbonyl (C=O) groups is 2. The predicted molar refractivity (Wildman–Crippen MR) is 81.8 cm³/mol. The van der Waals surface area contributed by atoms with Gasteiger partial charge < -0.3 is 16.0 Å². The Balaban J connectivity index is 0.00000361. The second kappa shape index (κ2) is 9.34. The molecule has 0 bridgehead atoms. The number of carbonyl (C=O) groups excluding carboxylic acids is 2. The van der Waals surface area contributed by atoms with Crippen molar-refractivity contribution in [2.75, 3.05) is 20.6 Å². The first-order valence-electron chi connectivity index (χ1n) is 6.33. The van der Waals surface area contributed by atoms with Gasteiger partial charge >= 0.3 is 0 Å². The van der Waals surface area contributed by atoms with Crippen LogP contribution in [0.5, 0.6) is 0 Å². The Hall–Kier alpha value is -1.59. The van der Waals surface area contributed by atoms with Gasteiger partial charge in [0.15, 0.2) is 0 Å². The van der Waals surface area contributed by atoms with Gasteiger partial charge in [-0.1, -0.05) is 12.1 Å². The van der Waals surface area contributed by atoms with Gasteiger partial charge in [-0.05, 0) is 30.7 Å². The number of hydrogen-bond acceptors (Lipinski definition) is 3. The average molecular weight is 300 g/mol. The van der Waals surface area contributed by atoms with Crippen LogP contribution in [-0.4, -0.2) is 37.4 Å². The Morgan fingerprint density at radius 3 is 2.35 bits per heavy atom. The molecule has 0 fully saturated rings. The number of nitrogens with zero attached hydrogens (tertiary/aromatic N) is 1. The highest BCUT2D eigenvalue weighted by Gasteiger charge is 2.09. The minimum absolute atomic E-state index is 0. The summed E-state index contributed by atoms with van der Waals surface area (Å²) in [6.45, 7) is 1.07. The lowest BCUT2D eigenvalue weighted by Gasteiger charge is -2.17. The zero-order valence-electron chi connectivity index (χ0n) is 11.9. The Morgan fingerprint density at radius 2 is 1.85 bits per heavy atom. The quantitative estimate of drug-likeness (QED) is 0.828. The average Bonchev–Trinajstić information content (AvgIpc) is 2.44. The number of amides is 2. The second-order valence-corrected chi connectivity index (χ2v) is 4.42. The molecule has 0 aliphatic heterocycles. The molecule has 20 heavy (non-hydrogen) atoms. The first-order valence-corrected chi connectivity index (χ1v) is 6.33. The monoisotopic (exact) mass is 299 g/mol. The third-order valence-corrected chi connectivity index (χ3v) is 2.88.